The van der Waals surface area contributed by atoms with Crippen LogP contribution in [0.3, 0.4) is 0 Å². The molecule has 0 atom stereocenters. The molecule has 0 N–H and O–H groups in total. The van der Waals surface area contributed by atoms with Crippen molar-refractivity contribution in [3.8, 4) is 0 Å². The van der Waals surface area contributed by atoms with E-state index in [-0.39, 0.29) is 20.5 Å². The van der Waals surface area contributed by atoms with Gasteiger partial charge in [0.1, 0.15) is 9.10 Å². The molecule has 138 valence electrons. The van der Waals surface area contributed by atoms with Gasteiger partial charge in [-0.3, -0.25) is 0 Å². The quantitative estimate of drug-likeness (QED) is 0.782. The van der Waals surface area contributed by atoms with Crippen molar-refractivity contribution in [3.63, 3.8) is 0 Å². The minimum absolute atomic E-state index is 0.00883. The summed E-state index contributed by atoms with van der Waals surface area (Å²) < 4.78 is 54.1. The average molecular weight is 404 g/mol. The lowest BCUT2D eigenvalue weighted by Crippen LogP contribution is -2.32. The van der Waals surface area contributed by atoms with Gasteiger partial charge in [0.2, 0.25) is 10.0 Å². The van der Waals surface area contributed by atoms with Gasteiger partial charge in [-0.05, 0) is 38.1 Å². The molecule has 7 nitrogen and oxygen atoms in total. The van der Waals surface area contributed by atoms with E-state index in [1.54, 1.807) is 11.4 Å². The summed E-state index contributed by atoms with van der Waals surface area (Å²) in [5, 5.41) is 5.71. The molecule has 1 saturated heterocycles. The van der Waals surface area contributed by atoms with Crippen LogP contribution in [0.5, 0.6) is 0 Å². The summed E-state index contributed by atoms with van der Waals surface area (Å²) in [5.74, 6) is 0. The van der Waals surface area contributed by atoms with Gasteiger partial charge in [0.15, 0.2) is 0 Å². The van der Waals surface area contributed by atoms with Gasteiger partial charge in [0.25, 0.3) is 10.0 Å². The van der Waals surface area contributed by atoms with Crippen molar-refractivity contribution in [3.05, 3.63) is 28.9 Å². The number of nitrogens with zero attached hydrogens (tertiary/aromatic N) is 3. The van der Waals surface area contributed by atoms with Gasteiger partial charge < -0.3 is 0 Å². The fourth-order valence-electron chi connectivity index (χ4n) is 3.12. The number of hydrogen-bond donors (Lipinski definition) is 0. The molecule has 3 rings (SSSR count). The molecule has 0 saturated carbocycles. The molecular formula is C15H21N3O4S3. The zero-order chi connectivity index (χ0) is 18.2. The number of aryl methyl sites for hydroxylation is 1. The normalized spacial score (nSPS) is 17.5. The second kappa shape index (κ2) is 6.82. The Kier molecular flexibility index (Phi) is 5.06. The first kappa shape index (κ1) is 18.6. The van der Waals surface area contributed by atoms with Gasteiger partial charge in [-0.25, -0.2) is 8.42 Å². The Morgan fingerprint density at radius 2 is 1.64 bits per heavy atom. The molecule has 0 aromatic carbocycles. The number of thiophene rings is 1. The van der Waals surface area contributed by atoms with E-state index < -0.39 is 20.0 Å². The predicted octanol–water partition coefficient (Wildman–Crippen LogP) is 2.36. The summed E-state index contributed by atoms with van der Waals surface area (Å²) in [6.45, 7) is 3.96. The smallest absolute Gasteiger partial charge is 0.207 e. The maximum Gasteiger partial charge on any atom is 0.292 e. The van der Waals surface area contributed by atoms with Crippen LogP contribution in [0, 0.1) is 13.8 Å². The van der Waals surface area contributed by atoms with Crippen LogP contribution in [0.15, 0.2) is 26.6 Å². The zero-order valence-electron chi connectivity index (χ0n) is 14.2. The molecule has 0 aliphatic carbocycles. The fraction of sp³-hybridized carbons (Fsp3) is 0.533. The molecule has 2 aromatic rings. The Labute approximate surface area is 152 Å². The van der Waals surface area contributed by atoms with Crippen LogP contribution in [0.4, 0.5) is 0 Å². The largest absolute Gasteiger partial charge is 0.292 e. The predicted molar refractivity (Wildman–Crippen MR) is 95.8 cm³/mol. The number of aromatic nitrogens is 2. The summed E-state index contributed by atoms with van der Waals surface area (Å²) in [6, 6.07) is 3.12. The summed E-state index contributed by atoms with van der Waals surface area (Å²) in [4.78, 5) is 0.00883. The van der Waals surface area contributed by atoms with Gasteiger partial charge in [-0.15, -0.1) is 11.3 Å². The second-order valence-electron chi connectivity index (χ2n) is 6.10. The standard InChI is InChI=1S/C15H21N3O4S3/c1-12-15(25(21,22)17-9-5-3-4-6-10-17)13(2)18(16-12)24(19,20)14-8-7-11-23-14/h7-8,11H,3-6,9-10H2,1-2H3. The first-order valence-electron chi connectivity index (χ1n) is 8.11. The summed E-state index contributed by atoms with van der Waals surface area (Å²) >= 11 is 1.08. The first-order valence-corrected chi connectivity index (χ1v) is 11.9. The van der Waals surface area contributed by atoms with E-state index in [1.807, 2.05) is 0 Å². The van der Waals surface area contributed by atoms with Crippen LogP contribution in [-0.4, -0.2) is 43.4 Å². The van der Waals surface area contributed by atoms with E-state index in [0.29, 0.717) is 13.1 Å². The van der Waals surface area contributed by atoms with Gasteiger partial charge in [0.05, 0.1) is 11.4 Å². The van der Waals surface area contributed by atoms with Crippen LogP contribution in [0.1, 0.15) is 37.1 Å². The zero-order valence-corrected chi connectivity index (χ0v) is 16.6. The molecule has 3 heterocycles. The molecule has 10 heteroatoms. The van der Waals surface area contributed by atoms with Crippen LogP contribution in [0.25, 0.3) is 0 Å². The van der Waals surface area contributed by atoms with Crippen LogP contribution >= 0.6 is 11.3 Å². The van der Waals surface area contributed by atoms with Crippen molar-refractivity contribution in [1.82, 2.24) is 13.5 Å². The lowest BCUT2D eigenvalue weighted by atomic mass is 10.2. The maximum atomic E-state index is 13.1. The molecule has 1 fully saturated rings. The molecule has 2 aromatic heterocycles. The Morgan fingerprint density at radius 1 is 1.00 bits per heavy atom. The monoisotopic (exact) mass is 403 g/mol. The lowest BCUT2D eigenvalue weighted by Gasteiger charge is -2.20. The lowest BCUT2D eigenvalue weighted by molar-refractivity contribution is 0.423. The van der Waals surface area contributed by atoms with Crippen molar-refractivity contribution in [2.75, 3.05) is 13.1 Å². The molecule has 0 bridgehead atoms. The van der Waals surface area contributed by atoms with E-state index in [1.165, 1.54) is 24.2 Å². The van der Waals surface area contributed by atoms with Crippen molar-refractivity contribution >= 4 is 31.4 Å². The van der Waals surface area contributed by atoms with Crippen LogP contribution in [0.2, 0.25) is 0 Å². The summed E-state index contributed by atoms with van der Waals surface area (Å²) in [7, 11) is -7.65. The topological polar surface area (TPSA) is 89.3 Å². The molecule has 0 spiro atoms. The molecule has 1 aliphatic heterocycles. The maximum absolute atomic E-state index is 13.1. The minimum atomic E-state index is -3.89. The molecule has 0 radical (unpaired) electrons. The first-order chi connectivity index (χ1) is 11.8. The third-order valence-electron chi connectivity index (χ3n) is 4.32. The van der Waals surface area contributed by atoms with E-state index >= 15 is 0 Å². The van der Waals surface area contributed by atoms with E-state index in [0.717, 1.165) is 41.1 Å². The van der Waals surface area contributed by atoms with Crippen molar-refractivity contribution < 1.29 is 16.8 Å². The highest BCUT2D eigenvalue weighted by Crippen LogP contribution is 2.29. The SMILES string of the molecule is Cc1nn(S(=O)(=O)c2cccs2)c(C)c1S(=O)(=O)N1CCCCCC1. The van der Waals surface area contributed by atoms with Crippen molar-refractivity contribution in [1.29, 1.82) is 0 Å². The van der Waals surface area contributed by atoms with E-state index in [2.05, 4.69) is 5.10 Å². The average Bonchev–Trinajstić information content (AvgIpc) is 3.08. The Hall–Kier alpha value is -1.23. The fourth-order valence-corrected chi connectivity index (χ4v) is 7.46. The molecule has 25 heavy (non-hydrogen) atoms. The molecular weight excluding hydrogens is 382 g/mol. The highest BCUT2D eigenvalue weighted by atomic mass is 32.2. The van der Waals surface area contributed by atoms with Crippen LogP contribution < -0.4 is 0 Å². The third kappa shape index (κ3) is 3.27. The molecule has 1 aliphatic rings. The summed E-state index contributed by atoms with van der Waals surface area (Å²) in [5.41, 5.74) is 0.344. The van der Waals surface area contributed by atoms with Gasteiger partial charge in [-0.1, -0.05) is 18.9 Å². The van der Waals surface area contributed by atoms with Gasteiger partial charge >= 0.3 is 0 Å². The highest BCUT2D eigenvalue weighted by Gasteiger charge is 2.34. The Bertz CT molecular complexity index is 952. The number of rotatable bonds is 4. The molecule has 0 amide bonds. The third-order valence-corrected chi connectivity index (χ3v) is 9.51. The minimum Gasteiger partial charge on any atom is -0.207 e. The van der Waals surface area contributed by atoms with Gasteiger partial charge in [0, 0.05) is 13.1 Å². The van der Waals surface area contributed by atoms with E-state index in [4.69, 9.17) is 0 Å². The van der Waals surface area contributed by atoms with Crippen LogP contribution in [-0.2, 0) is 20.0 Å². The highest BCUT2D eigenvalue weighted by molar-refractivity contribution is 7.92. The summed E-state index contributed by atoms with van der Waals surface area (Å²) in [6.07, 6.45) is 3.66. The van der Waals surface area contributed by atoms with E-state index in [9.17, 15) is 16.8 Å². The molecule has 0 unspecified atom stereocenters. The van der Waals surface area contributed by atoms with Gasteiger partial charge in [-0.2, -0.15) is 21.9 Å². The number of sulfonamides is 1. The Balaban J connectivity index is 2.09. The second-order valence-corrected chi connectivity index (χ2v) is 10.9. The van der Waals surface area contributed by atoms with Crippen molar-refractivity contribution in [2.45, 2.75) is 48.6 Å². The Morgan fingerprint density at radius 3 is 2.20 bits per heavy atom. The van der Waals surface area contributed by atoms with Crippen molar-refractivity contribution in [2.24, 2.45) is 0 Å². The number of hydrogen-bond acceptors (Lipinski definition) is 6.